The monoisotopic (exact) mass is 563 g/mol. The molecule has 0 spiro atoms. The topological polar surface area (TPSA) is 97.4 Å². The van der Waals surface area contributed by atoms with Crippen LogP contribution < -0.4 is 5.32 Å². The summed E-state index contributed by atoms with van der Waals surface area (Å²) in [4.78, 5) is 44.2. The minimum absolute atomic E-state index is 0.255. The number of hydrogen-bond donors (Lipinski definition) is 1. The van der Waals surface area contributed by atoms with E-state index in [1.807, 2.05) is 13.8 Å². The predicted molar refractivity (Wildman–Crippen MR) is 149 cm³/mol. The van der Waals surface area contributed by atoms with Crippen LogP contribution in [-0.4, -0.2) is 84.9 Å². The third-order valence-corrected chi connectivity index (χ3v) is 8.03. The van der Waals surface area contributed by atoms with Crippen molar-refractivity contribution in [3.05, 3.63) is 35.6 Å². The molecule has 0 aliphatic carbocycles. The van der Waals surface area contributed by atoms with Gasteiger partial charge in [0, 0.05) is 25.7 Å². The number of ether oxygens (including phenoxy) is 3. The fraction of sp³-hybridized carbons (Fsp3) is 0.700. The minimum atomic E-state index is -0.950. The normalized spacial score (nSPS) is 21.1. The Morgan fingerprint density at radius 1 is 1.12 bits per heavy atom. The van der Waals surface area contributed by atoms with Gasteiger partial charge in [0.05, 0.1) is 24.7 Å². The molecule has 2 heterocycles. The Hall–Kier alpha value is -2.72. The van der Waals surface area contributed by atoms with Crippen molar-refractivity contribution in [2.75, 3.05) is 39.5 Å². The molecule has 2 amide bonds. The largest absolute Gasteiger partial charge is 0.464 e. The number of esters is 1. The van der Waals surface area contributed by atoms with E-state index in [-0.39, 0.29) is 18.5 Å². The highest BCUT2D eigenvalue weighted by molar-refractivity contribution is 5.87. The number of nitrogens with one attached hydrogen (secondary N) is 1. The highest BCUT2D eigenvalue weighted by atomic mass is 19.1. The van der Waals surface area contributed by atoms with Crippen molar-refractivity contribution in [1.29, 1.82) is 0 Å². The molecule has 1 N–H and O–H groups in total. The molecule has 0 saturated carbocycles. The first-order valence-electron chi connectivity index (χ1n) is 14.5. The van der Waals surface area contributed by atoms with Crippen LogP contribution in [0.4, 0.5) is 9.18 Å². The predicted octanol–water partition coefficient (Wildman–Crippen LogP) is 4.45. The summed E-state index contributed by atoms with van der Waals surface area (Å²) in [5.41, 5.74) is -1.02. The molecule has 0 aromatic heterocycles. The molecule has 9 nitrogen and oxygen atoms in total. The maximum Gasteiger partial charge on any atom is 0.408 e. The van der Waals surface area contributed by atoms with Crippen molar-refractivity contribution in [3.8, 4) is 0 Å². The molecule has 224 valence electrons. The Morgan fingerprint density at radius 2 is 1.80 bits per heavy atom. The van der Waals surface area contributed by atoms with Gasteiger partial charge in [0.15, 0.2) is 0 Å². The summed E-state index contributed by atoms with van der Waals surface area (Å²) in [6, 6.07) is 4.35. The van der Waals surface area contributed by atoms with Gasteiger partial charge < -0.3 is 24.4 Å². The molecule has 40 heavy (non-hydrogen) atoms. The second-order valence-electron chi connectivity index (χ2n) is 11.7. The van der Waals surface area contributed by atoms with Crippen molar-refractivity contribution in [1.82, 2.24) is 15.1 Å². The number of rotatable bonds is 10. The van der Waals surface area contributed by atoms with Crippen molar-refractivity contribution in [2.45, 2.75) is 91.0 Å². The number of carbonyl (C=O) groups excluding carboxylic acids is 3. The highest BCUT2D eigenvalue weighted by Crippen LogP contribution is 2.47. The number of hydrogen-bond acceptors (Lipinski definition) is 7. The summed E-state index contributed by atoms with van der Waals surface area (Å²) in [7, 11) is 0. The van der Waals surface area contributed by atoms with Crippen molar-refractivity contribution in [2.24, 2.45) is 5.41 Å². The number of halogens is 1. The van der Waals surface area contributed by atoms with Crippen LogP contribution in [0.5, 0.6) is 0 Å². The van der Waals surface area contributed by atoms with Crippen molar-refractivity contribution in [3.63, 3.8) is 0 Å². The number of nitrogens with zero attached hydrogens (tertiary/aromatic N) is 2. The Kier molecular flexibility index (Phi) is 10.9. The highest BCUT2D eigenvalue weighted by Gasteiger charge is 2.53. The fourth-order valence-electron chi connectivity index (χ4n) is 5.85. The first-order chi connectivity index (χ1) is 18.9. The van der Waals surface area contributed by atoms with Crippen LogP contribution >= 0.6 is 0 Å². The van der Waals surface area contributed by atoms with E-state index in [1.54, 1.807) is 44.7 Å². The van der Waals surface area contributed by atoms with Crippen LogP contribution in [0.2, 0.25) is 0 Å². The molecule has 1 aromatic carbocycles. The summed E-state index contributed by atoms with van der Waals surface area (Å²) in [6.45, 7) is 14.5. The molecule has 1 aromatic rings. The Morgan fingerprint density at radius 3 is 2.40 bits per heavy atom. The number of alkyl carbamates (subject to hydrolysis) is 1. The standard InChI is InChI=1S/C30H46FN3O6/c1-7-30(8-2,27(36)39-19-16-33-14-17-38-18-15-33)25-13-12-24(22-10-9-11-23(31)20-22)34(25)26(35)21(3)32-28(37)40-29(4,5)6/h9-11,20-21,24-25H,7-8,12-19H2,1-6H3,(H,32,37)/t21-,24+,25-/m1/s1. The third-order valence-electron chi connectivity index (χ3n) is 8.03. The van der Waals surface area contributed by atoms with E-state index in [9.17, 15) is 18.8 Å². The van der Waals surface area contributed by atoms with Gasteiger partial charge in [0.2, 0.25) is 5.91 Å². The molecule has 2 saturated heterocycles. The molecule has 2 aliphatic rings. The minimum Gasteiger partial charge on any atom is -0.464 e. The number of benzene rings is 1. The molecule has 0 bridgehead atoms. The van der Waals surface area contributed by atoms with Crippen LogP contribution in [0.3, 0.4) is 0 Å². The van der Waals surface area contributed by atoms with Crippen LogP contribution in [0.25, 0.3) is 0 Å². The lowest BCUT2D eigenvalue weighted by Gasteiger charge is -2.43. The van der Waals surface area contributed by atoms with E-state index < -0.39 is 41.1 Å². The van der Waals surface area contributed by atoms with Gasteiger partial charge >= 0.3 is 12.1 Å². The maximum atomic E-state index is 14.3. The second kappa shape index (κ2) is 13.8. The summed E-state index contributed by atoms with van der Waals surface area (Å²) in [6.07, 6.45) is 1.34. The van der Waals surface area contributed by atoms with E-state index in [2.05, 4.69) is 10.2 Å². The molecule has 3 atom stereocenters. The van der Waals surface area contributed by atoms with Crippen molar-refractivity contribution >= 4 is 18.0 Å². The zero-order chi connectivity index (χ0) is 29.5. The molecule has 10 heteroatoms. The fourth-order valence-corrected chi connectivity index (χ4v) is 5.85. The maximum absolute atomic E-state index is 14.3. The molecular formula is C30H46FN3O6. The number of carbonyl (C=O) groups is 3. The number of amides is 2. The van der Waals surface area contributed by atoms with Gasteiger partial charge in [0.1, 0.15) is 24.1 Å². The van der Waals surface area contributed by atoms with Gasteiger partial charge in [-0.05, 0) is 71.1 Å². The average molecular weight is 564 g/mol. The van der Waals surface area contributed by atoms with Crippen molar-refractivity contribution < 1.29 is 33.0 Å². The molecular weight excluding hydrogens is 517 g/mol. The number of morpholine rings is 1. The Balaban J connectivity index is 1.87. The van der Waals surface area contributed by atoms with Crippen LogP contribution in [0, 0.1) is 11.2 Å². The molecule has 0 radical (unpaired) electrons. The summed E-state index contributed by atoms with van der Waals surface area (Å²) in [5, 5.41) is 2.65. The van der Waals surface area contributed by atoms with Crippen LogP contribution in [0.1, 0.15) is 78.8 Å². The quantitative estimate of drug-likeness (QED) is 0.420. The molecule has 2 aliphatic heterocycles. The summed E-state index contributed by atoms with van der Waals surface area (Å²) in [5.74, 6) is -1.08. The lowest BCUT2D eigenvalue weighted by atomic mass is 9.74. The summed E-state index contributed by atoms with van der Waals surface area (Å²) < 4.78 is 30.9. The van der Waals surface area contributed by atoms with E-state index in [4.69, 9.17) is 14.2 Å². The van der Waals surface area contributed by atoms with E-state index in [0.717, 1.165) is 13.1 Å². The van der Waals surface area contributed by atoms with E-state index in [0.29, 0.717) is 51.0 Å². The van der Waals surface area contributed by atoms with Gasteiger partial charge in [-0.2, -0.15) is 0 Å². The molecule has 2 fully saturated rings. The molecule has 0 unspecified atom stereocenters. The SMILES string of the molecule is CCC(CC)(C(=O)OCCN1CCOCC1)[C@H]1CC[C@@H](c2cccc(F)c2)N1C(=O)[C@@H](C)NC(=O)OC(C)(C)C. The van der Waals surface area contributed by atoms with Gasteiger partial charge in [-0.15, -0.1) is 0 Å². The van der Waals surface area contributed by atoms with Crippen LogP contribution in [-0.2, 0) is 23.8 Å². The first-order valence-corrected chi connectivity index (χ1v) is 14.5. The summed E-state index contributed by atoms with van der Waals surface area (Å²) >= 11 is 0. The van der Waals surface area contributed by atoms with Gasteiger partial charge in [0.25, 0.3) is 0 Å². The van der Waals surface area contributed by atoms with Gasteiger partial charge in [-0.25, -0.2) is 9.18 Å². The first kappa shape index (κ1) is 31.8. The van der Waals surface area contributed by atoms with Gasteiger partial charge in [-0.3, -0.25) is 14.5 Å². The smallest absolute Gasteiger partial charge is 0.408 e. The number of likely N-dealkylation sites (tertiary alicyclic amines) is 1. The van der Waals surface area contributed by atoms with E-state index in [1.165, 1.54) is 12.1 Å². The third kappa shape index (κ3) is 7.72. The van der Waals surface area contributed by atoms with Gasteiger partial charge in [-0.1, -0.05) is 26.0 Å². The Labute approximate surface area is 237 Å². The van der Waals surface area contributed by atoms with E-state index >= 15 is 0 Å². The second-order valence-corrected chi connectivity index (χ2v) is 11.7. The zero-order valence-electron chi connectivity index (χ0n) is 24.8. The Bertz CT molecular complexity index is 1020. The zero-order valence-corrected chi connectivity index (χ0v) is 24.8. The average Bonchev–Trinajstić information content (AvgIpc) is 3.34. The lowest BCUT2D eigenvalue weighted by Crippen LogP contribution is -2.56. The lowest BCUT2D eigenvalue weighted by molar-refractivity contribution is -0.164. The van der Waals surface area contributed by atoms with Crippen LogP contribution in [0.15, 0.2) is 24.3 Å². The molecule has 3 rings (SSSR count).